The van der Waals surface area contributed by atoms with Crippen molar-refractivity contribution >= 4 is 56.9 Å². The molecule has 0 spiro atoms. The fourth-order valence-electron chi connectivity index (χ4n) is 2.12. The highest BCUT2D eigenvalue weighted by atomic mass is 79.9. The molecule has 0 aliphatic carbocycles. The zero-order valence-corrected chi connectivity index (χ0v) is 16.6. The van der Waals surface area contributed by atoms with Crippen LogP contribution in [0.5, 0.6) is 0 Å². The van der Waals surface area contributed by atoms with Crippen LogP contribution in [0, 0.1) is 17.0 Å². The van der Waals surface area contributed by atoms with Crippen molar-refractivity contribution in [1.82, 2.24) is 0 Å². The molecule has 0 bridgehead atoms. The first-order chi connectivity index (χ1) is 12.4. The van der Waals surface area contributed by atoms with Crippen LogP contribution in [0.15, 0.2) is 72.4 Å². The molecule has 0 saturated heterocycles. The lowest BCUT2D eigenvalue weighted by Gasteiger charge is -1.99. The average molecular weight is 452 g/mol. The lowest BCUT2D eigenvalue weighted by molar-refractivity contribution is -0.385. The van der Waals surface area contributed by atoms with Crippen molar-refractivity contribution in [2.75, 3.05) is 0 Å². The van der Waals surface area contributed by atoms with E-state index in [2.05, 4.69) is 20.9 Å². The molecule has 3 rings (SSSR count). The monoisotopic (exact) mass is 450 g/mol. The Hall–Kier alpha value is -2.09. The Morgan fingerprint density at radius 3 is 2.65 bits per heavy atom. The van der Waals surface area contributed by atoms with Gasteiger partial charge in [0.2, 0.25) is 0 Å². The molecule has 132 valence electrons. The summed E-state index contributed by atoms with van der Waals surface area (Å²) in [6.07, 6.45) is 1.53. The van der Waals surface area contributed by atoms with Crippen LogP contribution in [0.25, 0.3) is 0 Å². The van der Waals surface area contributed by atoms with E-state index in [4.69, 9.17) is 16.0 Å². The molecule has 8 heteroatoms. The summed E-state index contributed by atoms with van der Waals surface area (Å²) >= 11 is 10.8. The second kappa shape index (κ2) is 8.07. The molecule has 1 aromatic heterocycles. The summed E-state index contributed by atoms with van der Waals surface area (Å²) in [6.45, 7) is 1.69. The number of aryl methyl sites for hydroxylation is 1. The molecular weight excluding hydrogens is 440 g/mol. The third-order valence-electron chi connectivity index (χ3n) is 3.43. The maximum atomic E-state index is 11.0. The molecule has 0 fully saturated rings. The number of halogens is 2. The van der Waals surface area contributed by atoms with E-state index < -0.39 is 4.92 Å². The second-order valence-electron chi connectivity index (χ2n) is 5.33. The maximum Gasteiger partial charge on any atom is 0.274 e. The van der Waals surface area contributed by atoms with Crippen molar-refractivity contribution < 1.29 is 9.34 Å². The number of aliphatic imine (C=N–C) groups is 1. The number of furan rings is 1. The molecule has 2 aromatic carbocycles. The van der Waals surface area contributed by atoms with Gasteiger partial charge in [-0.3, -0.25) is 15.1 Å². The first kappa shape index (κ1) is 18.7. The van der Waals surface area contributed by atoms with Crippen LogP contribution in [0.2, 0.25) is 5.02 Å². The summed E-state index contributed by atoms with van der Waals surface area (Å²) < 4.78 is 6.57. The highest BCUT2D eigenvalue weighted by Crippen LogP contribution is 2.36. The minimum absolute atomic E-state index is 0.0410. The van der Waals surface area contributed by atoms with Crippen molar-refractivity contribution in [3.05, 3.63) is 79.5 Å². The summed E-state index contributed by atoms with van der Waals surface area (Å²) in [4.78, 5) is 15.8. The quantitative estimate of drug-likeness (QED) is 0.243. The predicted molar refractivity (Wildman–Crippen MR) is 107 cm³/mol. The lowest BCUT2D eigenvalue weighted by atomic mass is 10.2. The summed E-state index contributed by atoms with van der Waals surface area (Å²) in [7, 11) is 0. The molecule has 1 heterocycles. The predicted octanol–water partition coefficient (Wildman–Crippen LogP) is 6.81. The van der Waals surface area contributed by atoms with Gasteiger partial charge in [0.05, 0.1) is 21.3 Å². The van der Waals surface area contributed by atoms with Gasteiger partial charge in [-0.15, -0.1) is 0 Å². The Kier molecular flexibility index (Phi) is 5.80. The van der Waals surface area contributed by atoms with Crippen LogP contribution in [0.4, 0.5) is 11.4 Å². The molecule has 0 aliphatic heterocycles. The number of rotatable bonds is 5. The molecule has 0 aliphatic rings. The molecule has 5 nitrogen and oxygen atoms in total. The van der Waals surface area contributed by atoms with Gasteiger partial charge in [-0.25, -0.2) is 0 Å². The number of hydrogen-bond donors (Lipinski definition) is 0. The van der Waals surface area contributed by atoms with E-state index in [-0.39, 0.29) is 5.69 Å². The maximum absolute atomic E-state index is 11.0. The van der Waals surface area contributed by atoms with Gasteiger partial charge in [0.15, 0.2) is 5.09 Å². The van der Waals surface area contributed by atoms with Crippen LogP contribution < -0.4 is 0 Å². The van der Waals surface area contributed by atoms with Crippen LogP contribution in [0.1, 0.15) is 11.3 Å². The third kappa shape index (κ3) is 4.55. The van der Waals surface area contributed by atoms with Crippen molar-refractivity contribution in [2.45, 2.75) is 16.9 Å². The Morgan fingerprint density at radius 1 is 1.23 bits per heavy atom. The van der Waals surface area contributed by atoms with E-state index in [1.165, 1.54) is 24.0 Å². The van der Waals surface area contributed by atoms with Crippen molar-refractivity contribution in [1.29, 1.82) is 0 Å². The Balaban J connectivity index is 1.78. The fourth-order valence-corrected chi connectivity index (χ4v) is 3.58. The molecule has 0 atom stereocenters. The fraction of sp³-hybridized carbons (Fsp3) is 0.0556. The molecule has 26 heavy (non-hydrogen) atoms. The largest absolute Gasteiger partial charge is 0.447 e. The Morgan fingerprint density at radius 2 is 1.96 bits per heavy atom. The second-order valence-corrected chi connectivity index (χ2v) is 7.66. The minimum Gasteiger partial charge on any atom is -0.447 e. The molecule has 0 radical (unpaired) electrons. The molecule has 3 aromatic rings. The van der Waals surface area contributed by atoms with Gasteiger partial charge in [0, 0.05) is 27.6 Å². The Labute approximate surface area is 167 Å². The summed E-state index contributed by atoms with van der Waals surface area (Å²) in [5, 5.41) is 12.4. The third-order valence-corrected chi connectivity index (χ3v) is 5.53. The van der Waals surface area contributed by atoms with Crippen LogP contribution >= 0.6 is 39.3 Å². The first-order valence-electron chi connectivity index (χ1n) is 7.44. The summed E-state index contributed by atoms with van der Waals surface area (Å²) in [6, 6.07) is 14.1. The van der Waals surface area contributed by atoms with Crippen molar-refractivity contribution in [3.63, 3.8) is 0 Å². The van der Waals surface area contributed by atoms with E-state index in [1.807, 2.05) is 24.3 Å². The van der Waals surface area contributed by atoms with Gasteiger partial charge in [-0.1, -0.05) is 29.4 Å². The first-order valence-corrected chi connectivity index (χ1v) is 9.43. The minimum atomic E-state index is -0.418. The van der Waals surface area contributed by atoms with Gasteiger partial charge < -0.3 is 4.42 Å². The smallest absolute Gasteiger partial charge is 0.274 e. The Bertz CT molecular complexity index is 987. The molecule has 0 saturated carbocycles. The zero-order valence-electron chi connectivity index (χ0n) is 13.5. The SMILES string of the molecule is Cc1ccc(N=Cc2cc(Br)c(Sc3ccc(Cl)cc3)o2)cc1[N+](=O)[O-]. The number of hydrogen-bond acceptors (Lipinski definition) is 5. The van der Waals surface area contributed by atoms with E-state index in [1.54, 1.807) is 25.1 Å². The summed E-state index contributed by atoms with van der Waals surface area (Å²) in [5.74, 6) is 0.538. The highest BCUT2D eigenvalue weighted by molar-refractivity contribution is 9.10. The molecule has 0 unspecified atom stereocenters. The normalized spacial score (nSPS) is 11.2. The standard InChI is InChI=1S/C18H12BrClN2O3S/c1-11-2-5-13(8-17(11)22(23)24)21-10-14-9-16(19)18(25-14)26-15-6-3-12(20)4-7-15/h2-10H,1H3. The number of benzene rings is 2. The van der Waals surface area contributed by atoms with Crippen molar-refractivity contribution in [2.24, 2.45) is 4.99 Å². The highest BCUT2D eigenvalue weighted by Gasteiger charge is 2.12. The molecule has 0 N–H and O–H groups in total. The van der Waals surface area contributed by atoms with E-state index in [0.29, 0.717) is 27.1 Å². The van der Waals surface area contributed by atoms with Crippen LogP contribution in [-0.2, 0) is 0 Å². The van der Waals surface area contributed by atoms with Gasteiger partial charge in [-0.2, -0.15) is 0 Å². The van der Waals surface area contributed by atoms with Gasteiger partial charge in [-0.05, 0) is 53.2 Å². The van der Waals surface area contributed by atoms with Gasteiger partial charge in [0.1, 0.15) is 5.76 Å². The van der Waals surface area contributed by atoms with E-state index in [9.17, 15) is 10.1 Å². The zero-order chi connectivity index (χ0) is 18.7. The van der Waals surface area contributed by atoms with E-state index in [0.717, 1.165) is 9.37 Å². The number of nitro groups is 1. The number of nitrogens with zero attached hydrogens (tertiary/aromatic N) is 2. The lowest BCUT2D eigenvalue weighted by Crippen LogP contribution is -1.90. The van der Waals surface area contributed by atoms with Crippen molar-refractivity contribution in [3.8, 4) is 0 Å². The van der Waals surface area contributed by atoms with Crippen LogP contribution in [-0.4, -0.2) is 11.1 Å². The van der Waals surface area contributed by atoms with Gasteiger partial charge >= 0.3 is 0 Å². The topological polar surface area (TPSA) is 68.6 Å². The number of nitro benzene ring substituents is 1. The van der Waals surface area contributed by atoms with Gasteiger partial charge in [0.25, 0.3) is 5.69 Å². The molecule has 0 amide bonds. The van der Waals surface area contributed by atoms with Crippen LogP contribution in [0.3, 0.4) is 0 Å². The average Bonchev–Trinajstić information content (AvgIpc) is 2.95. The molecular formula is C18H12BrClN2O3S. The summed E-state index contributed by atoms with van der Waals surface area (Å²) in [5.41, 5.74) is 1.12. The van der Waals surface area contributed by atoms with E-state index >= 15 is 0 Å².